The van der Waals surface area contributed by atoms with E-state index in [9.17, 15) is 4.79 Å². The Morgan fingerprint density at radius 1 is 1.03 bits per heavy atom. The number of rotatable bonds is 5. The van der Waals surface area contributed by atoms with Gasteiger partial charge in [-0.2, -0.15) is 5.10 Å². The van der Waals surface area contributed by atoms with Crippen LogP contribution in [-0.2, 0) is 13.6 Å². The van der Waals surface area contributed by atoms with Crippen molar-refractivity contribution in [2.45, 2.75) is 32.2 Å². The summed E-state index contributed by atoms with van der Waals surface area (Å²) < 4.78 is 1.82. The number of aryl methyl sites for hydroxylation is 1. The van der Waals surface area contributed by atoms with Gasteiger partial charge in [0.25, 0.3) is 5.91 Å². The normalized spacial score (nSPS) is 14.2. The molecule has 0 aliphatic carbocycles. The van der Waals surface area contributed by atoms with Crippen molar-refractivity contribution in [3.8, 4) is 11.3 Å². The Balaban J connectivity index is 1.34. The topological polar surface area (TPSA) is 75.9 Å². The highest BCUT2D eigenvalue weighted by atomic mass is 35.5. The molecule has 0 saturated carbocycles. The van der Waals surface area contributed by atoms with E-state index in [2.05, 4.69) is 27.3 Å². The lowest BCUT2D eigenvalue weighted by Gasteiger charge is -2.21. The number of aromatic nitrogens is 4. The molecule has 0 radical (unpaired) electrons. The first-order chi connectivity index (χ1) is 16.6. The Labute approximate surface area is 203 Å². The average molecular weight is 475 g/mol. The summed E-state index contributed by atoms with van der Waals surface area (Å²) in [6, 6.07) is 15.2. The van der Waals surface area contributed by atoms with Gasteiger partial charge in [-0.05, 0) is 48.7 Å². The van der Waals surface area contributed by atoms with E-state index >= 15 is 0 Å². The number of carbonyl (C=O) groups excluding carboxylic acids is 1. The number of hydrogen-bond donors (Lipinski definition) is 1. The van der Waals surface area contributed by atoms with Crippen LogP contribution in [0.1, 0.15) is 41.7 Å². The highest BCUT2D eigenvalue weighted by Gasteiger charge is 2.17. The van der Waals surface area contributed by atoms with E-state index in [4.69, 9.17) is 21.7 Å². The molecule has 5 rings (SSSR count). The molecule has 1 amide bonds. The first-order valence-corrected chi connectivity index (χ1v) is 12.0. The van der Waals surface area contributed by atoms with Crippen molar-refractivity contribution in [3.63, 3.8) is 0 Å². The number of amides is 1. The molecule has 0 bridgehead atoms. The molecule has 3 aromatic heterocycles. The second-order valence-electron chi connectivity index (χ2n) is 8.62. The van der Waals surface area contributed by atoms with Gasteiger partial charge in [-0.25, -0.2) is 9.67 Å². The monoisotopic (exact) mass is 474 g/mol. The van der Waals surface area contributed by atoms with E-state index < -0.39 is 0 Å². The number of carbonyl (C=O) groups is 1. The molecule has 0 unspecified atom stereocenters. The van der Waals surface area contributed by atoms with Crippen LogP contribution < -0.4 is 10.2 Å². The number of fused-ring (bicyclic) bond motifs is 1. The second kappa shape index (κ2) is 9.81. The highest BCUT2D eigenvalue weighted by Crippen LogP contribution is 2.29. The number of hydrogen-bond acceptors (Lipinski definition) is 5. The van der Waals surface area contributed by atoms with E-state index in [0.29, 0.717) is 17.3 Å². The minimum Gasteiger partial charge on any atom is -0.357 e. The molecule has 34 heavy (non-hydrogen) atoms. The van der Waals surface area contributed by atoms with Gasteiger partial charge < -0.3 is 10.2 Å². The van der Waals surface area contributed by atoms with E-state index in [-0.39, 0.29) is 5.91 Å². The zero-order valence-electron chi connectivity index (χ0n) is 19.2. The summed E-state index contributed by atoms with van der Waals surface area (Å²) in [5.41, 5.74) is 3.71. The molecule has 0 spiro atoms. The third kappa shape index (κ3) is 4.61. The van der Waals surface area contributed by atoms with Crippen molar-refractivity contribution in [2.75, 3.05) is 18.0 Å². The summed E-state index contributed by atoms with van der Waals surface area (Å²) in [7, 11) is 1.91. The lowest BCUT2D eigenvalue weighted by molar-refractivity contribution is 0.0946. The minimum absolute atomic E-state index is 0.249. The van der Waals surface area contributed by atoms with Crippen molar-refractivity contribution in [1.29, 1.82) is 0 Å². The van der Waals surface area contributed by atoms with E-state index in [0.717, 1.165) is 46.8 Å². The predicted octanol–water partition coefficient (Wildman–Crippen LogP) is 4.99. The molecule has 1 N–H and O–H groups in total. The number of anilines is 1. The largest absolute Gasteiger partial charge is 0.357 e. The average Bonchev–Trinajstić information content (AvgIpc) is 3.02. The predicted molar refractivity (Wildman–Crippen MR) is 135 cm³/mol. The molecule has 1 fully saturated rings. The molecule has 1 aromatic carbocycles. The van der Waals surface area contributed by atoms with Crippen LogP contribution in [0.5, 0.6) is 0 Å². The zero-order chi connectivity index (χ0) is 23.5. The van der Waals surface area contributed by atoms with Crippen molar-refractivity contribution in [2.24, 2.45) is 7.05 Å². The smallest absolute Gasteiger partial charge is 0.270 e. The van der Waals surface area contributed by atoms with Gasteiger partial charge >= 0.3 is 0 Å². The Kier molecular flexibility index (Phi) is 6.45. The molecule has 4 aromatic rings. The van der Waals surface area contributed by atoms with Crippen LogP contribution in [0.4, 0.5) is 5.82 Å². The van der Waals surface area contributed by atoms with E-state index in [1.807, 2.05) is 36.0 Å². The standard InChI is InChI=1S/C26H27ClN6O/c1-32-25-20(11-13-23(30-25)33-14-6-2-3-7-15-33)24(31-32)19-10-12-22(28-17-19)26(34)29-16-18-8-4-5-9-21(18)27/h4-5,8-13,17H,2-3,6-7,14-16H2,1H3,(H,29,34). The second-order valence-corrected chi connectivity index (χ2v) is 9.03. The summed E-state index contributed by atoms with van der Waals surface area (Å²) in [4.78, 5) is 24.2. The Hall–Kier alpha value is -3.45. The number of pyridine rings is 2. The fourth-order valence-electron chi connectivity index (χ4n) is 4.39. The third-order valence-electron chi connectivity index (χ3n) is 6.27. The lowest BCUT2D eigenvalue weighted by Crippen LogP contribution is -2.24. The number of nitrogens with zero attached hydrogens (tertiary/aromatic N) is 5. The van der Waals surface area contributed by atoms with Crippen LogP contribution in [0.25, 0.3) is 22.3 Å². The highest BCUT2D eigenvalue weighted by molar-refractivity contribution is 6.31. The van der Waals surface area contributed by atoms with Gasteiger partial charge in [0.1, 0.15) is 17.2 Å². The maximum absolute atomic E-state index is 12.6. The van der Waals surface area contributed by atoms with Crippen LogP contribution in [0, 0.1) is 0 Å². The molecular formula is C26H27ClN6O. The zero-order valence-corrected chi connectivity index (χ0v) is 19.9. The minimum atomic E-state index is -0.249. The summed E-state index contributed by atoms with van der Waals surface area (Å²) in [6.07, 6.45) is 6.68. The maximum Gasteiger partial charge on any atom is 0.270 e. The SMILES string of the molecule is Cn1nc(-c2ccc(C(=O)NCc3ccccc3Cl)nc2)c2ccc(N3CCCCCC3)nc21. The van der Waals surface area contributed by atoms with Crippen LogP contribution >= 0.6 is 11.6 Å². The van der Waals surface area contributed by atoms with Crippen LogP contribution in [0.2, 0.25) is 5.02 Å². The number of benzene rings is 1. The summed E-state index contributed by atoms with van der Waals surface area (Å²) in [5, 5.41) is 9.17. The molecule has 4 heterocycles. The quantitative estimate of drug-likeness (QED) is 0.440. The van der Waals surface area contributed by atoms with Gasteiger partial charge in [0, 0.05) is 48.9 Å². The summed E-state index contributed by atoms with van der Waals surface area (Å²) in [6.45, 7) is 2.44. The fraction of sp³-hybridized carbons (Fsp3) is 0.308. The summed E-state index contributed by atoms with van der Waals surface area (Å²) >= 11 is 6.17. The first kappa shape index (κ1) is 22.3. The summed E-state index contributed by atoms with van der Waals surface area (Å²) in [5.74, 6) is 0.758. The van der Waals surface area contributed by atoms with Gasteiger partial charge in [0.05, 0.1) is 0 Å². The Morgan fingerprint density at radius 3 is 2.56 bits per heavy atom. The van der Waals surface area contributed by atoms with Crippen LogP contribution in [0.3, 0.4) is 0 Å². The number of halogens is 1. The molecule has 7 nitrogen and oxygen atoms in total. The van der Waals surface area contributed by atoms with E-state index in [1.54, 1.807) is 18.3 Å². The van der Waals surface area contributed by atoms with E-state index in [1.165, 1.54) is 25.7 Å². The lowest BCUT2D eigenvalue weighted by atomic mass is 10.1. The van der Waals surface area contributed by atoms with Gasteiger partial charge in [-0.1, -0.05) is 42.6 Å². The third-order valence-corrected chi connectivity index (χ3v) is 6.64. The molecule has 1 aliphatic heterocycles. The Morgan fingerprint density at radius 2 is 1.82 bits per heavy atom. The van der Waals surface area contributed by atoms with Crippen molar-refractivity contribution >= 4 is 34.4 Å². The van der Waals surface area contributed by atoms with Crippen molar-refractivity contribution < 1.29 is 4.79 Å². The van der Waals surface area contributed by atoms with Crippen molar-refractivity contribution in [3.05, 3.63) is 71.0 Å². The molecular weight excluding hydrogens is 448 g/mol. The van der Waals surface area contributed by atoms with Gasteiger partial charge in [0.15, 0.2) is 5.65 Å². The van der Waals surface area contributed by atoms with Gasteiger partial charge in [0.2, 0.25) is 0 Å². The maximum atomic E-state index is 12.6. The fourth-order valence-corrected chi connectivity index (χ4v) is 4.59. The molecule has 174 valence electrons. The van der Waals surface area contributed by atoms with Gasteiger partial charge in [-0.3, -0.25) is 9.78 Å². The molecule has 1 aliphatic rings. The molecule has 1 saturated heterocycles. The first-order valence-electron chi connectivity index (χ1n) is 11.7. The Bertz CT molecular complexity index is 1310. The number of nitrogens with one attached hydrogen (secondary N) is 1. The van der Waals surface area contributed by atoms with Crippen LogP contribution in [0.15, 0.2) is 54.7 Å². The van der Waals surface area contributed by atoms with Gasteiger partial charge in [-0.15, -0.1) is 0 Å². The van der Waals surface area contributed by atoms with Crippen LogP contribution in [-0.4, -0.2) is 38.7 Å². The van der Waals surface area contributed by atoms with Crippen molar-refractivity contribution in [1.82, 2.24) is 25.1 Å². The molecule has 0 atom stereocenters. The molecule has 8 heteroatoms.